The van der Waals surface area contributed by atoms with Crippen LogP contribution in [0.4, 0.5) is 5.69 Å². The van der Waals surface area contributed by atoms with Gasteiger partial charge in [-0.15, -0.1) is 0 Å². The number of anilines is 1. The molecule has 0 aliphatic carbocycles. The SMILES string of the molecule is Cn1cc(-c2cc3c(-c4ccc(N[S+]([O-])c5ccc(C#N)cc5)cc4)ncnn3c2)cn1. The summed E-state index contributed by atoms with van der Waals surface area (Å²) >= 11 is -1.43. The maximum Gasteiger partial charge on any atom is 0.180 e. The van der Waals surface area contributed by atoms with Crippen molar-refractivity contribution in [1.29, 1.82) is 5.26 Å². The van der Waals surface area contributed by atoms with Crippen LogP contribution in [0.25, 0.3) is 27.9 Å². The van der Waals surface area contributed by atoms with E-state index in [-0.39, 0.29) is 0 Å². The predicted molar refractivity (Wildman–Crippen MR) is 122 cm³/mol. The van der Waals surface area contributed by atoms with Gasteiger partial charge in [0.25, 0.3) is 0 Å². The number of aromatic nitrogens is 5. The van der Waals surface area contributed by atoms with Crippen LogP contribution in [0.3, 0.4) is 0 Å². The molecule has 0 fully saturated rings. The van der Waals surface area contributed by atoms with Gasteiger partial charge in [-0.3, -0.25) is 4.68 Å². The molecule has 0 spiro atoms. The number of aryl methyl sites for hydroxylation is 1. The van der Waals surface area contributed by atoms with Crippen molar-refractivity contribution in [3.05, 3.63) is 85.1 Å². The van der Waals surface area contributed by atoms with Crippen LogP contribution in [0.1, 0.15) is 5.56 Å². The van der Waals surface area contributed by atoms with Crippen molar-refractivity contribution in [2.75, 3.05) is 4.72 Å². The molecule has 32 heavy (non-hydrogen) atoms. The summed E-state index contributed by atoms with van der Waals surface area (Å²) in [7, 11) is 1.88. The molecule has 0 aliphatic rings. The van der Waals surface area contributed by atoms with Gasteiger partial charge in [-0.2, -0.15) is 15.5 Å². The van der Waals surface area contributed by atoms with Crippen molar-refractivity contribution in [1.82, 2.24) is 24.4 Å². The Labute approximate surface area is 187 Å². The van der Waals surface area contributed by atoms with E-state index in [1.807, 2.05) is 56.0 Å². The molecule has 5 rings (SSSR count). The fourth-order valence-corrected chi connectivity index (χ4v) is 4.25. The van der Waals surface area contributed by atoms with Gasteiger partial charge in [0.15, 0.2) is 4.90 Å². The van der Waals surface area contributed by atoms with Gasteiger partial charge in [-0.1, -0.05) is 12.1 Å². The van der Waals surface area contributed by atoms with Crippen LogP contribution in [0.2, 0.25) is 0 Å². The fourth-order valence-electron chi connectivity index (χ4n) is 3.40. The molecule has 3 heterocycles. The Morgan fingerprint density at radius 3 is 2.44 bits per heavy atom. The quantitative estimate of drug-likeness (QED) is 0.418. The van der Waals surface area contributed by atoms with Crippen LogP contribution in [0.5, 0.6) is 0 Å². The van der Waals surface area contributed by atoms with E-state index < -0.39 is 11.4 Å². The number of nitrogens with one attached hydrogen (secondary N) is 1. The third-order valence-corrected chi connectivity index (χ3v) is 6.13. The first-order valence-electron chi connectivity index (χ1n) is 9.72. The largest absolute Gasteiger partial charge is 0.588 e. The summed E-state index contributed by atoms with van der Waals surface area (Å²) in [6.45, 7) is 0. The average molecular weight is 440 g/mol. The van der Waals surface area contributed by atoms with E-state index in [0.717, 1.165) is 27.9 Å². The Bertz CT molecular complexity index is 1430. The Morgan fingerprint density at radius 1 is 0.969 bits per heavy atom. The lowest BCUT2D eigenvalue weighted by Crippen LogP contribution is -2.12. The van der Waals surface area contributed by atoms with Crippen LogP contribution >= 0.6 is 0 Å². The fraction of sp³-hybridized carbons (Fsp3) is 0.0435. The molecule has 0 bridgehead atoms. The second-order valence-electron chi connectivity index (χ2n) is 7.15. The molecule has 1 atom stereocenters. The maximum absolute atomic E-state index is 12.6. The van der Waals surface area contributed by atoms with Crippen molar-refractivity contribution in [3.63, 3.8) is 0 Å². The van der Waals surface area contributed by atoms with Gasteiger partial charge < -0.3 is 4.55 Å². The molecular weight excluding hydrogens is 422 g/mol. The highest BCUT2D eigenvalue weighted by molar-refractivity contribution is 7.92. The third kappa shape index (κ3) is 3.80. The standard InChI is InChI=1S/C23H17N7OS/c1-29-13-19(12-26-29)18-10-22-23(25-15-27-30(22)14-18)17-4-6-20(7-5-17)28-32(31)21-8-2-16(11-24)3-9-21/h2-10,12-15,28H,1H3. The number of hydrogen-bond donors (Lipinski definition) is 1. The molecule has 0 saturated heterocycles. The molecule has 1 unspecified atom stereocenters. The zero-order valence-electron chi connectivity index (χ0n) is 17.0. The van der Waals surface area contributed by atoms with Gasteiger partial charge in [-0.25, -0.2) is 14.2 Å². The molecule has 0 saturated carbocycles. The Morgan fingerprint density at radius 2 is 1.75 bits per heavy atom. The highest BCUT2D eigenvalue weighted by atomic mass is 32.2. The van der Waals surface area contributed by atoms with Crippen molar-refractivity contribution in [2.24, 2.45) is 7.05 Å². The summed E-state index contributed by atoms with van der Waals surface area (Å²) in [5.41, 5.74) is 5.87. The third-order valence-electron chi connectivity index (χ3n) is 5.01. The first-order chi connectivity index (χ1) is 15.6. The number of rotatable bonds is 5. The lowest BCUT2D eigenvalue weighted by molar-refractivity contribution is 0.600. The Kier molecular flexibility index (Phi) is 5.07. The summed E-state index contributed by atoms with van der Waals surface area (Å²) in [4.78, 5) is 5.08. The van der Waals surface area contributed by atoms with E-state index in [1.54, 1.807) is 33.5 Å². The number of benzene rings is 2. The molecular formula is C23H17N7OS. The molecule has 8 nitrogen and oxygen atoms in total. The van der Waals surface area contributed by atoms with E-state index in [0.29, 0.717) is 16.1 Å². The van der Waals surface area contributed by atoms with E-state index in [1.165, 1.54) is 6.33 Å². The highest BCUT2D eigenvalue weighted by Gasteiger charge is 2.14. The first-order valence-corrected chi connectivity index (χ1v) is 10.9. The number of nitriles is 1. The zero-order valence-corrected chi connectivity index (χ0v) is 17.8. The molecule has 2 aromatic carbocycles. The minimum atomic E-state index is -1.43. The zero-order chi connectivity index (χ0) is 22.1. The van der Waals surface area contributed by atoms with E-state index >= 15 is 0 Å². The van der Waals surface area contributed by atoms with Crippen molar-refractivity contribution >= 4 is 22.6 Å². The molecule has 156 valence electrons. The lowest BCUT2D eigenvalue weighted by atomic mass is 10.1. The minimum Gasteiger partial charge on any atom is -0.588 e. The van der Waals surface area contributed by atoms with Crippen LogP contribution in [-0.4, -0.2) is 28.9 Å². The molecule has 5 aromatic rings. The normalized spacial score (nSPS) is 11.9. The first kappa shape index (κ1) is 19.8. The number of nitrogens with zero attached hydrogens (tertiary/aromatic N) is 6. The Hall–Kier alpha value is -4.13. The van der Waals surface area contributed by atoms with Gasteiger partial charge in [0.05, 0.1) is 34.7 Å². The van der Waals surface area contributed by atoms with Gasteiger partial charge in [0, 0.05) is 36.1 Å². The molecule has 0 amide bonds. The van der Waals surface area contributed by atoms with Crippen LogP contribution in [-0.2, 0) is 18.4 Å². The van der Waals surface area contributed by atoms with E-state index in [4.69, 9.17) is 5.26 Å². The van der Waals surface area contributed by atoms with Gasteiger partial charge in [0.1, 0.15) is 17.7 Å². The average Bonchev–Trinajstić information content (AvgIpc) is 3.45. The Balaban J connectivity index is 1.40. The van der Waals surface area contributed by atoms with Gasteiger partial charge >= 0.3 is 0 Å². The summed E-state index contributed by atoms with van der Waals surface area (Å²) < 4.78 is 19.1. The lowest BCUT2D eigenvalue weighted by Gasteiger charge is -2.12. The second kappa shape index (κ2) is 8.19. The number of hydrogen-bond acceptors (Lipinski definition) is 6. The second-order valence-corrected chi connectivity index (χ2v) is 8.37. The molecule has 3 aromatic heterocycles. The van der Waals surface area contributed by atoms with Crippen LogP contribution < -0.4 is 4.72 Å². The van der Waals surface area contributed by atoms with Crippen LogP contribution in [0.15, 0.2) is 84.4 Å². The maximum atomic E-state index is 12.6. The van der Waals surface area contributed by atoms with Gasteiger partial charge in [0.2, 0.25) is 0 Å². The van der Waals surface area contributed by atoms with Gasteiger partial charge in [-0.05, 0) is 42.5 Å². The van der Waals surface area contributed by atoms with E-state index in [2.05, 4.69) is 26.0 Å². The predicted octanol–water partition coefficient (Wildman–Crippen LogP) is 3.80. The molecule has 0 radical (unpaired) electrons. The highest BCUT2D eigenvalue weighted by Crippen LogP contribution is 2.28. The van der Waals surface area contributed by atoms with Crippen molar-refractivity contribution < 1.29 is 4.55 Å². The number of fused-ring (bicyclic) bond motifs is 1. The summed E-state index contributed by atoms with van der Waals surface area (Å²) in [6, 6.07) is 18.3. The summed E-state index contributed by atoms with van der Waals surface area (Å²) in [5, 5.41) is 17.5. The molecule has 9 heteroatoms. The molecule has 0 aliphatic heterocycles. The summed E-state index contributed by atoms with van der Waals surface area (Å²) in [6.07, 6.45) is 7.25. The topological polar surface area (TPSA) is 107 Å². The van der Waals surface area contributed by atoms with E-state index in [9.17, 15) is 4.55 Å². The van der Waals surface area contributed by atoms with Crippen molar-refractivity contribution in [2.45, 2.75) is 4.90 Å². The van der Waals surface area contributed by atoms with Crippen LogP contribution in [0, 0.1) is 11.3 Å². The smallest absolute Gasteiger partial charge is 0.180 e. The minimum absolute atomic E-state index is 0.531. The monoisotopic (exact) mass is 439 g/mol. The summed E-state index contributed by atoms with van der Waals surface area (Å²) in [5.74, 6) is 0. The van der Waals surface area contributed by atoms with Crippen molar-refractivity contribution in [3.8, 4) is 28.5 Å². The molecule has 1 N–H and O–H groups in total.